The molecule has 0 aliphatic heterocycles. The lowest BCUT2D eigenvalue weighted by Crippen LogP contribution is -1.85. The second kappa shape index (κ2) is 11.3. The Balaban J connectivity index is 1.25. The third-order valence-electron chi connectivity index (χ3n) is 7.83. The lowest BCUT2D eigenvalue weighted by Gasteiger charge is -1.99. The molecule has 0 amide bonds. The number of ether oxygens (including phenoxy) is 2. The number of hydrogen-bond donors (Lipinski definition) is 0. The van der Waals surface area contributed by atoms with Crippen molar-refractivity contribution < 1.29 is 9.47 Å². The van der Waals surface area contributed by atoms with Crippen LogP contribution in [0.1, 0.15) is 0 Å². The Kier molecular flexibility index (Phi) is 7.13. The van der Waals surface area contributed by atoms with Crippen LogP contribution >= 0.6 is 68.0 Å². The molecule has 0 aromatic carbocycles. The molecule has 0 aliphatic carbocycles. The van der Waals surface area contributed by atoms with E-state index in [2.05, 4.69) is 45.3 Å². The van der Waals surface area contributed by atoms with Crippen LogP contribution in [0.5, 0.6) is 11.5 Å². The van der Waals surface area contributed by atoms with Gasteiger partial charge in [0.25, 0.3) is 0 Å². The highest BCUT2D eigenvalue weighted by Crippen LogP contribution is 2.55. The number of fused-ring (bicyclic) bond motifs is 9. The van der Waals surface area contributed by atoms with E-state index in [1.165, 1.54) is 61.9 Å². The molecule has 10 nitrogen and oxygen atoms in total. The van der Waals surface area contributed by atoms with E-state index in [1.54, 1.807) is 49.0 Å². The second-order valence-corrected chi connectivity index (χ2v) is 16.5. The molecule has 0 bridgehead atoms. The molecule has 0 radical (unpaired) electrons. The van der Waals surface area contributed by atoms with Gasteiger partial charge in [-0.05, 0) is 12.1 Å². The fourth-order valence-electron chi connectivity index (χ4n) is 5.73. The van der Waals surface area contributed by atoms with Crippen molar-refractivity contribution in [1.29, 1.82) is 21.0 Å². The van der Waals surface area contributed by atoms with Gasteiger partial charge in [-0.3, -0.25) is 0 Å². The smallest absolute Gasteiger partial charge is 0.219 e. The Morgan fingerprint density at radius 1 is 0.562 bits per heavy atom. The van der Waals surface area contributed by atoms with Gasteiger partial charge >= 0.3 is 0 Å². The Bertz CT molecular complexity index is 2670. The van der Waals surface area contributed by atoms with Gasteiger partial charge in [-0.2, -0.15) is 21.0 Å². The van der Waals surface area contributed by atoms with Crippen molar-refractivity contribution in [2.75, 3.05) is 14.2 Å². The molecule has 16 heteroatoms. The lowest BCUT2D eigenvalue weighted by molar-refractivity contribution is 0.418. The fraction of sp³-hybridized carbons (Fsp3) is 0.125. The molecule has 0 saturated carbocycles. The summed E-state index contributed by atoms with van der Waals surface area (Å²) >= 11 is 9.84. The first-order valence-electron chi connectivity index (χ1n) is 13.8. The maximum atomic E-state index is 9.15. The number of nitriles is 4. The van der Waals surface area contributed by atoms with Crippen LogP contribution in [-0.4, -0.2) is 34.8 Å². The van der Waals surface area contributed by atoms with Gasteiger partial charge in [0.1, 0.15) is 45.8 Å². The van der Waals surface area contributed by atoms with Crippen LogP contribution in [0.4, 0.5) is 10.0 Å². The zero-order chi connectivity index (χ0) is 33.4. The van der Waals surface area contributed by atoms with Crippen molar-refractivity contribution >= 4 is 140 Å². The molecule has 0 atom stereocenters. The molecular weight excluding hydrogens is 721 g/mol. The third-order valence-corrected chi connectivity index (χ3v) is 15.3. The van der Waals surface area contributed by atoms with Crippen molar-refractivity contribution in [2.24, 2.45) is 24.1 Å². The summed E-state index contributed by atoms with van der Waals surface area (Å²) in [5.74, 6) is 1.32. The van der Waals surface area contributed by atoms with Crippen LogP contribution in [0.15, 0.2) is 34.3 Å². The van der Waals surface area contributed by atoms with Gasteiger partial charge in [0.05, 0.1) is 84.0 Å². The molecule has 0 spiro atoms. The molecule has 8 aromatic rings. The number of nitrogens with zero attached hydrogens (tertiary/aromatic N) is 8. The Morgan fingerprint density at radius 2 is 0.938 bits per heavy atom. The SMILES string of the molecule is COc1cc(N=C(C#N)C#N)sc1-c1cc2c(s1)c1sc3c(sc4c5sc(-c6sc(N=C(C#N)C#N)cc6OC)cc5n(C)c43)c1n2C. The van der Waals surface area contributed by atoms with Crippen LogP contribution in [0.25, 0.3) is 69.8 Å². The predicted molar refractivity (Wildman–Crippen MR) is 200 cm³/mol. The number of rotatable bonds is 6. The van der Waals surface area contributed by atoms with Gasteiger partial charge in [0.2, 0.25) is 11.4 Å². The predicted octanol–water partition coefficient (Wildman–Crippen LogP) is 10.1. The number of aromatic nitrogens is 2. The average Bonchev–Trinajstić information content (AvgIpc) is 3.94. The minimum Gasteiger partial charge on any atom is -0.495 e. The zero-order valence-electron chi connectivity index (χ0n) is 25.2. The topological polar surface area (TPSA) is 148 Å². The van der Waals surface area contributed by atoms with E-state index in [-0.39, 0.29) is 11.4 Å². The zero-order valence-corrected chi connectivity index (χ0v) is 30.1. The van der Waals surface area contributed by atoms with E-state index >= 15 is 0 Å². The van der Waals surface area contributed by atoms with E-state index in [1.807, 2.05) is 47.0 Å². The van der Waals surface area contributed by atoms with Crippen LogP contribution < -0.4 is 9.47 Å². The number of aliphatic imine (C=N–C) groups is 2. The van der Waals surface area contributed by atoms with E-state index in [4.69, 9.17) is 30.5 Å². The van der Waals surface area contributed by atoms with Gasteiger partial charge < -0.3 is 18.6 Å². The highest BCUT2D eigenvalue weighted by atomic mass is 32.1. The van der Waals surface area contributed by atoms with Crippen LogP contribution in [0.2, 0.25) is 0 Å². The normalized spacial score (nSPS) is 11.2. The van der Waals surface area contributed by atoms with Crippen LogP contribution in [-0.2, 0) is 14.1 Å². The summed E-state index contributed by atoms with van der Waals surface area (Å²) in [4.78, 5) is 12.3. The average molecular weight is 737 g/mol. The van der Waals surface area contributed by atoms with Gasteiger partial charge in [-0.15, -0.1) is 68.0 Å². The quantitative estimate of drug-likeness (QED) is 0.155. The van der Waals surface area contributed by atoms with Crippen molar-refractivity contribution in [3.8, 4) is 55.3 Å². The maximum absolute atomic E-state index is 9.15. The van der Waals surface area contributed by atoms with Crippen molar-refractivity contribution in [3.63, 3.8) is 0 Å². The minimum atomic E-state index is -0.192. The molecule has 0 saturated heterocycles. The largest absolute Gasteiger partial charge is 0.495 e. The number of aryl methyl sites for hydroxylation is 2. The van der Waals surface area contributed by atoms with Gasteiger partial charge in [0, 0.05) is 26.2 Å². The molecule has 8 aromatic heterocycles. The third kappa shape index (κ3) is 4.33. The first kappa shape index (κ1) is 30.3. The van der Waals surface area contributed by atoms with Crippen LogP contribution in [0, 0.1) is 45.3 Å². The van der Waals surface area contributed by atoms with Crippen molar-refractivity contribution in [2.45, 2.75) is 0 Å². The van der Waals surface area contributed by atoms with Gasteiger partial charge in [-0.25, -0.2) is 9.98 Å². The number of methoxy groups -OCH3 is 2. The van der Waals surface area contributed by atoms with Gasteiger partial charge in [0.15, 0.2) is 0 Å². The maximum Gasteiger partial charge on any atom is 0.219 e. The molecular formula is C32H16N8O2S6. The molecule has 0 N–H and O–H groups in total. The van der Waals surface area contributed by atoms with Gasteiger partial charge in [-0.1, -0.05) is 0 Å². The van der Waals surface area contributed by atoms with E-state index in [0.29, 0.717) is 21.5 Å². The van der Waals surface area contributed by atoms with Crippen molar-refractivity contribution in [1.82, 2.24) is 9.13 Å². The van der Waals surface area contributed by atoms with Crippen LogP contribution in [0.3, 0.4) is 0 Å². The van der Waals surface area contributed by atoms with E-state index in [9.17, 15) is 0 Å². The highest BCUT2D eigenvalue weighted by Gasteiger charge is 2.26. The highest BCUT2D eigenvalue weighted by molar-refractivity contribution is 7.40. The fourth-order valence-corrected chi connectivity index (χ4v) is 13.6. The summed E-state index contributed by atoms with van der Waals surface area (Å²) in [6.45, 7) is 0. The Labute approximate surface area is 295 Å². The molecule has 0 aliphatic rings. The standard InChI is InChI=1S/C32H16N8O2S6/c1-39-15-5-19(27-17(41-3)7-21(45-27)37-13(9-33)10-34)43-25(15)29-23(39)31-32(47-29)24-30(48-31)26-16(40(24)2)6-20(44-26)28-18(42-4)8-22(46-28)38-14(11-35)12-36/h5-8H,1-4H3. The minimum absolute atomic E-state index is 0.192. The first-order chi connectivity index (χ1) is 23.3. The summed E-state index contributed by atoms with van der Waals surface area (Å²) in [6, 6.07) is 15.2. The number of hydrogen-bond acceptors (Lipinski definition) is 14. The Morgan fingerprint density at radius 3 is 1.29 bits per heavy atom. The summed E-state index contributed by atoms with van der Waals surface area (Å²) in [7, 11) is 7.43. The summed E-state index contributed by atoms with van der Waals surface area (Å²) in [6.07, 6.45) is 0. The Hall–Kier alpha value is -5.04. The summed E-state index contributed by atoms with van der Waals surface area (Å²) in [5.41, 5.74) is 4.32. The first-order valence-corrected chi connectivity index (χ1v) is 18.7. The molecule has 232 valence electrons. The molecule has 8 heterocycles. The molecule has 8 rings (SSSR count). The molecule has 0 fully saturated rings. The number of thiophene rings is 6. The van der Waals surface area contributed by atoms with E-state index in [0.717, 1.165) is 30.5 Å². The van der Waals surface area contributed by atoms with Crippen molar-refractivity contribution in [3.05, 3.63) is 24.3 Å². The monoisotopic (exact) mass is 736 g/mol. The summed E-state index contributed by atoms with van der Waals surface area (Å²) in [5, 5.41) is 37.7. The molecule has 0 unspecified atom stereocenters. The lowest BCUT2D eigenvalue weighted by atomic mass is 10.3. The summed E-state index contributed by atoms with van der Waals surface area (Å²) < 4.78 is 23.3. The second-order valence-electron chi connectivity index (χ2n) is 10.3. The molecule has 48 heavy (non-hydrogen) atoms. The van der Waals surface area contributed by atoms with E-state index < -0.39 is 0 Å².